The second-order valence-corrected chi connectivity index (χ2v) is 8.92. The minimum atomic E-state index is 0.386. The number of fused-ring (bicyclic) bond motifs is 3. The van der Waals surface area contributed by atoms with E-state index in [0.717, 1.165) is 69.2 Å². The molecule has 1 saturated carbocycles. The number of aryl methyl sites for hydroxylation is 2. The van der Waals surface area contributed by atoms with Gasteiger partial charge in [-0.05, 0) is 51.5 Å². The molecule has 4 aromatic rings. The summed E-state index contributed by atoms with van der Waals surface area (Å²) in [4.78, 5) is 18.6. The molecule has 4 aromatic heterocycles. The summed E-state index contributed by atoms with van der Waals surface area (Å²) in [5.41, 5.74) is 4.04. The Labute approximate surface area is 167 Å². The van der Waals surface area contributed by atoms with Gasteiger partial charge in [-0.1, -0.05) is 0 Å². The van der Waals surface area contributed by atoms with Crippen molar-refractivity contribution in [2.24, 2.45) is 5.92 Å². The third-order valence-corrected chi connectivity index (χ3v) is 6.97. The highest BCUT2D eigenvalue weighted by Crippen LogP contribution is 2.41. The molecule has 5 rings (SSSR count). The summed E-state index contributed by atoms with van der Waals surface area (Å²) in [5, 5.41) is 11.2. The van der Waals surface area contributed by atoms with Crippen LogP contribution in [0.2, 0.25) is 0 Å². The first-order valence-electron chi connectivity index (χ1n) is 9.81. The number of hydrogen-bond donors (Lipinski definition) is 1. The molecule has 0 saturated heterocycles. The number of H-pyrrole nitrogens is 1. The molecule has 1 N–H and O–H groups in total. The third kappa shape index (κ3) is 2.71. The predicted molar refractivity (Wildman–Crippen MR) is 111 cm³/mol. The second-order valence-electron chi connectivity index (χ2n) is 7.72. The average Bonchev–Trinajstić information content (AvgIpc) is 3.38. The van der Waals surface area contributed by atoms with Gasteiger partial charge in [0.2, 0.25) is 0 Å². The van der Waals surface area contributed by atoms with Crippen molar-refractivity contribution in [3.8, 4) is 16.8 Å². The van der Waals surface area contributed by atoms with E-state index in [2.05, 4.69) is 38.6 Å². The molecule has 4 heterocycles. The van der Waals surface area contributed by atoms with Gasteiger partial charge in [-0.3, -0.25) is 0 Å². The van der Waals surface area contributed by atoms with E-state index in [1.807, 2.05) is 19.3 Å². The van der Waals surface area contributed by atoms with Crippen LogP contribution in [-0.4, -0.2) is 24.5 Å². The summed E-state index contributed by atoms with van der Waals surface area (Å²) in [7, 11) is 0. The molecule has 0 atom stereocenters. The smallest absolute Gasteiger partial charge is 0.153 e. The number of imidazole rings is 1. The van der Waals surface area contributed by atoms with Crippen molar-refractivity contribution >= 4 is 33.4 Å². The standard InChI is InChI=1S/C21H22N6S/c1-12-19(28-13(2)25-12)21-26-17-11-24-20-16(8-10-23-20)18(17)27(21)15-5-3-14(4-6-15)7-9-22/h8,10-11,14-15H,3-7H2,1-2H3,(H,23,24)/t14-,15-. The Morgan fingerprint density at radius 3 is 2.79 bits per heavy atom. The molecular formula is C21H22N6S. The highest BCUT2D eigenvalue weighted by Gasteiger charge is 2.28. The first-order valence-corrected chi connectivity index (χ1v) is 10.6. The lowest BCUT2D eigenvalue weighted by molar-refractivity contribution is 0.283. The molecule has 0 aromatic carbocycles. The Balaban J connectivity index is 1.70. The molecule has 1 aliphatic rings. The molecule has 28 heavy (non-hydrogen) atoms. The van der Waals surface area contributed by atoms with Gasteiger partial charge in [-0.25, -0.2) is 15.0 Å². The maximum absolute atomic E-state index is 9.05. The molecule has 0 bridgehead atoms. The monoisotopic (exact) mass is 390 g/mol. The Hall–Kier alpha value is -2.72. The molecule has 142 valence electrons. The number of nitrogens with zero attached hydrogens (tertiary/aromatic N) is 5. The number of pyridine rings is 1. The highest BCUT2D eigenvalue weighted by atomic mass is 32.1. The van der Waals surface area contributed by atoms with Gasteiger partial charge in [0.1, 0.15) is 11.2 Å². The van der Waals surface area contributed by atoms with Gasteiger partial charge in [-0.2, -0.15) is 5.26 Å². The molecule has 0 amide bonds. The zero-order chi connectivity index (χ0) is 19.3. The lowest BCUT2D eigenvalue weighted by Crippen LogP contribution is -2.19. The van der Waals surface area contributed by atoms with Gasteiger partial charge < -0.3 is 9.55 Å². The topological polar surface area (TPSA) is 83.2 Å². The maximum Gasteiger partial charge on any atom is 0.153 e. The average molecular weight is 391 g/mol. The number of nitrogens with one attached hydrogen (secondary N) is 1. The second kappa shape index (κ2) is 6.71. The molecule has 0 radical (unpaired) electrons. The fourth-order valence-electron chi connectivity index (χ4n) is 4.58. The van der Waals surface area contributed by atoms with E-state index in [9.17, 15) is 0 Å². The van der Waals surface area contributed by atoms with Gasteiger partial charge in [0, 0.05) is 24.0 Å². The third-order valence-electron chi connectivity index (χ3n) is 5.90. The summed E-state index contributed by atoms with van der Waals surface area (Å²) < 4.78 is 2.44. The van der Waals surface area contributed by atoms with Crippen LogP contribution in [0.15, 0.2) is 18.5 Å². The van der Waals surface area contributed by atoms with Crippen LogP contribution in [0.25, 0.3) is 32.8 Å². The molecule has 0 aliphatic heterocycles. The van der Waals surface area contributed by atoms with Crippen molar-refractivity contribution in [1.82, 2.24) is 24.5 Å². The first kappa shape index (κ1) is 17.4. The van der Waals surface area contributed by atoms with Crippen LogP contribution in [-0.2, 0) is 0 Å². The van der Waals surface area contributed by atoms with Crippen molar-refractivity contribution in [2.75, 3.05) is 0 Å². The van der Waals surface area contributed by atoms with Crippen LogP contribution in [0, 0.1) is 31.1 Å². The van der Waals surface area contributed by atoms with E-state index in [0.29, 0.717) is 18.4 Å². The summed E-state index contributed by atoms with van der Waals surface area (Å²) in [6.07, 6.45) is 8.84. The van der Waals surface area contributed by atoms with Gasteiger partial charge in [0.05, 0.1) is 33.4 Å². The number of aromatic nitrogens is 5. The number of thiazole rings is 1. The Morgan fingerprint density at radius 1 is 1.25 bits per heavy atom. The van der Waals surface area contributed by atoms with Crippen LogP contribution in [0.1, 0.15) is 48.8 Å². The maximum atomic E-state index is 9.05. The molecule has 0 spiro atoms. The van der Waals surface area contributed by atoms with Gasteiger partial charge >= 0.3 is 0 Å². The van der Waals surface area contributed by atoms with E-state index in [-0.39, 0.29) is 0 Å². The molecule has 1 fully saturated rings. The van der Waals surface area contributed by atoms with Crippen LogP contribution in [0.3, 0.4) is 0 Å². The van der Waals surface area contributed by atoms with Crippen LogP contribution in [0.4, 0.5) is 0 Å². The zero-order valence-corrected chi connectivity index (χ0v) is 16.9. The molecule has 1 aliphatic carbocycles. The van der Waals surface area contributed by atoms with Gasteiger partial charge in [0.25, 0.3) is 0 Å². The van der Waals surface area contributed by atoms with Crippen molar-refractivity contribution < 1.29 is 0 Å². The van der Waals surface area contributed by atoms with E-state index < -0.39 is 0 Å². The number of nitriles is 1. The van der Waals surface area contributed by atoms with Gasteiger partial charge in [0.15, 0.2) is 5.82 Å². The quantitative estimate of drug-likeness (QED) is 0.515. The zero-order valence-electron chi connectivity index (χ0n) is 16.1. The van der Waals surface area contributed by atoms with Crippen molar-refractivity contribution in [3.05, 3.63) is 29.2 Å². The van der Waals surface area contributed by atoms with E-state index >= 15 is 0 Å². The molecule has 0 unspecified atom stereocenters. The normalized spacial score (nSPS) is 20.0. The Kier molecular flexibility index (Phi) is 4.17. The summed E-state index contributed by atoms with van der Waals surface area (Å²) >= 11 is 1.71. The lowest BCUT2D eigenvalue weighted by atomic mass is 9.84. The van der Waals surface area contributed by atoms with Gasteiger partial charge in [-0.15, -0.1) is 11.3 Å². The van der Waals surface area contributed by atoms with Crippen molar-refractivity contribution in [1.29, 1.82) is 5.26 Å². The summed E-state index contributed by atoms with van der Waals surface area (Å²) in [6, 6.07) is 4.83. The first-order chi connectivity index (χ1) is 13.7. The lowest BCUT2D eigenvalue weighted by Gasteiger charge is -2.29. The fourth-order valence-corrected chi connectivity index (χ4v) is 5.49. The fraction of sp³-hybridized carbons (Fsp3) is 0.429. The van der Waals surface area contributed by atoms with Crippen LogP contribution >= 0.6 is 11.3 Å². The van der Waals surface area contributed by atoms with E-state index in [1.54, 1.807) is 11.3 Å². The Bertz CT molecular complexity index is 1200. The van der Waals surface area contributed by atoms with Crippen LogP contribution < -0.4 is 0 Å². The molecule has 7 heteroatoms. The summed E-state index contributed by atoms with van der Waals surface area (Å²) in [5.74, 6) is 1.54. The largest absolute Gasteiger partial charge is 0.346 e. The molecular weight excluding hydrogens is 368 g/mol. The Morgan fingerprint density at radius 2 is 2.07 bits per heavy atom. The van der Waals surface area contributed by atoms with E-state index in [4.69, 9.17) is 10.2 Å². The number of rotatable bonds is 3. The highest BCUT2D eigenvalue weighted by molar-refractivity contribution is 7.15. The number of aromatic amines is 1. The predicted octanol–water partition coefficient (Wildman–Crippen LogP) is 5.30. The van der Waals surface area contributed by atoms with Crippen molar-refractivity contribution in [2.45, 2.75) is 52.0 Å². The number of hydrogen-bond acceptors (Lipinski definition) is 5. The van der Waals surface area contributed by atoms with Crippen LogP contribution in [0.5, 0.6) is 0 Å². The molecule has 6 nitrogen and oxygen atoms in total. The minimum Gasteiger partial charge on any atom is -0.346 e. The minimum absolute atomic E-state index is 0.386. The van der Waals surface area contributed by atoms with E-state index in [1.165, 1.54) is 0 Å². The SMILES string of the molecule is Cc1nc(C)c(-c2nc3cnc4[nH]ccc4c3n2[C@H]2CC[C@H](CC#N)CC2)s1. The van der Waals surface area contributed by atoms with Crippen molar-refractivity contribution in [3.63, 3.8) is 0 Å². The summed E-state index contributed by atoms with van der Waals surface area (Å²) in [6.45, 7) is 4.11.